The molecule has 0 N–H and O–H groups in total. The minimum atomic E-state index is 0.332. The van der Waals surface area contributed by atoms with Gasteiger partial charge in [-0.25, -0.2) is 0 Å². The van der Waals surface area contributed by atoms with E-state index in [1.807, 2.05) is 0 Å². The third-order valence-corrected chi connectivity index (χ3v) is 6.91. The zero-order valence-electron chi connectivity index (χ0n) is 18.4. The molecule has 0 atom stereocenters. The highest BCUT2D eigenvalue weighted by atomic mass is 15.3. The zero-order valence-corrected chi connectivity index (χ0v) is 18.4. The lowest BCUT2D eigenvalue weighted by molar-refractivity contribution is -0.0130. The van der Waals surface area contributed by atoms with Crippen molar-refractivity contribution in [2.45, 2.75) is 78.4 Å². The van der Waals surface area contributed by atoms with E-state index < -0.39 is 0 Å². The van der Waals surface area contributed by atoms with Gasteiger partial charge in [-0.2, -0.15) is 0 Å². The molecule has 0 spiro atoms. The van der Waals surface area contributed by atoms with Crippen molar-refractivity contribution in [1.29, 1.82) is 0 Å². The summed E-state index contributed by atoms with van der Waals surface area (Å²) in [5.41, 5.74) is 0.805. The molecular formula is C22H44N4. The average molecular weight is 365 g/mol. The Morgan fingerprint density at radius 1 is 0.692 bits per heavy atom. The zero-order chi connectivity index (χ0) is 18.9. The van der Waals surface area contributed by atoms with Gasteiger partial charge in [-0.15, -0.1) is 0 Å². The molecule has 3 saturated heterocycles. The Bertz CT molecular complexity index is 428. The van der Waals surface area contributed by atoms with E-state index >= 15 is 0 Å². The summed E-state index contributed by atoms with van der Waals surface area (Å²) in [5.74, 6) is 0. The topological polar surface area (TPSA) is 13.0 Å². The van der Waals surface area contributed by atoms with Crippen LogP contribution in [-0.4, -0.2) is 96.1 Å². The van der Waals surface area contributed by atoms with Crippen molar-refractivity contribution in [3.63, 3.8) is 0 Å². The summed E-state index contributed by atoms with van der Waals surface area (Å²) < 4.78 is 0. The second-order valence-electron chi connectivity index (χ2n) is 11.2. The summed E-state index contributed by atoms with van der Waals surface area (Å²) >= 11 is 0. The van der Waals surface area contributed by atoms with E-state index in [9.17, 15) is 0 Å². The number of hydrogen-bond acceptors (Lipinski definition) is 4. The lowest BCUT2D eigenvalue weighted by Gasteiger charge is -2.50. The molecule has 0 saturated carbocycles. The molecule has 0 aliphatic carbocycles. The molecule has 4 nitrogen and oxygen atoms in total. The van der Waals surface area contributed by atoms with E-state index in [2.05, 4.69) is 61.1 Å². The van der Waals surface area contributed by atoms with Crippen LogP contribution in [0.3, 0.4) is 0 Å². The quantitative estimate of drug-likeness (QED) is 0.760. The van der Waals surface area contributed by atoms with Crippen LogP contribution in [-0.2, 0) is 0 Å². The molecule has 0 bridgehead atoms. The third kappa shape index (κ3) is 5.43. The smallest absolute Gasteiger partial charge is 0.0350 e. The van der Waals surface area contributed by atoms with Gasteiger partial charge in [0.25, 0.3) is 0 Å². The first-order valence-corrected chi connectivity index (χ1v) is 11.1. The summed E-state index contributed by atoms with van der Waals surface area (Å²) in [6.45, 7) is 25.7. The molecular weight excluding hydrogens is 320 g/mol. The lowest BCUT2D eigenvalue weighted by Crippen LogP contribution is -2.62. The SMILES string of the molecule is CC(C)(C)CCN1CC(N2CCC(N3CCN(C(C)(C)C)CC3)CC2)C1. The first-order chi connectivity index (χ1) is 12.1. The maximum absolute atomic E-state index is 2.79. The Morgan fingerprint density at radius 2 is 1.23 bits per heavy atom. The van der Waals surface area contributed by atoms with Gasteiger partial charge in [-0.3, -0.25) is 14.7 Å². The molecule has 0 aromatic heterocycles. The van der Waals surface area contributed by atoms with Gasteiger partial charge in [0.1, 0.15) is 0 Å². The van der Waals surface area contributed by atoms with Crippen LogP contribution in [0.4, 0.5) is 0 Å². The molecule has 152 valence electrons. The van der Waals surface area contributed by atoms with Crippen LogP contribution in [0.1, 0.15) is 60.8 Å². The molecule has 0 amide bonds. The fraction of sp³-hybridized carbons (Fsp3) is 1.00. The molecule has 3 rings (SSSR count). The van der Waals surface area contributed by atoms with Crippen LogP contribution in [0.2, 0.25) is 0 Å². The number of hydrogen-bond donors (Lipinski definition) is 0. The van der Waals surface area contributed by atoms with E-state index in [4.69, 9.17) is 0 Å². The Hall–Kier alpha value is -0.160. The van der Waals surface area contributed by atoms with E-state index in [0.717, 1.165) is 12.1 Å². The molecule has 0 unspecified atom stereocenters. The second-order valence-corrected chi connectivity index (χ2v) is 11.2. The minimum Gasteiger partial charge on any atom is -0.300 e. The van der Waals surface area contributed by atoms with Crippen molar-refractivity contribution < 1.29 is 0 Å². The lowest BCUT2D eigenvalue weighted by atomic mass is 9.91. The molecule has 0 aromatic carbocycles. The van der Waals surface area contributed by atoms with Gasteiger partial charge < -0.3 is 4.90 Å². The van der Waals surface area contributed by atoms with Gasteiger partial charge in [0, 0.05) is 70.0 Å². The molecule has 26 heavy (non-hydrogen) atoms. The van der Waals surface area contributed by atoms with Gasteiger partial charge in [0.2, 0.25) is 0 Å². The monoisotopic (exact) mass is 364 g/mol. The summed E-state index contributed by atoms with van der Waals surface area (Å²) in [6.07, 6.45) is 4.09. The Labute approximate surface area is 162 Å². The molecule has 0 aromatic rings. The van der Waals surface area contributed by atoms with Gasteiger partial charge in [0.15, 0.2) is 0 Å². The van der Waals surface area contributed by atoms with Crippen LogP contribution in [0, 0.1) is 5.41 Å². The molecule has 3 aliphatic heterocycles. The predicted molar refractivity (Wildman–Crippen MR) is 112 cm³/mol. The predicted octanol–water partition coefficient (Wildman–Crippen LogP) is 2.99. The van der Waals surface area contributed by atoms with Crippen molar-refractivity contribution >= 4 is 0 Å². The normalized spacial score (nSPS) is 27.0. The van der Waals surface area contributed by atoms with Crippen molar-refractivity contribution in [3.05, 3.63) is 0 Å². The van der Waals surface area contributed by atoms with E-state index in [-0.39, 0.29) is 0 Å². The van der Waals surface area contributed by atoms with Crippen LogP contribution in [0.5, 0.6) is 0 Å². The standard InChI is InChI=1S/C22H44N4/c1-21(2,3)9-12-23-17-20(18-23)24-10-7-19(8-11-24)25-13-15-26(16-14-25)22(4,5)6/h19-20H,7-18H2,1-6H3. The van der Waals surface area contributed by atoms with Crippen molar-refractivity contribution in [1.82, 2.24) is 19.6 Å². The largest absolute Gasteiger partial charge is 0.300 e. The molecule has 3 heterocycles. The summed E-state index contributed by atoms with van der Waals surface area (Å²) in [4.78, 5) is 10.9. The average Bonchev–Trinajstić information content (AvgIpc) is 2.52. The Kier molecular flexibility index (Phi) is 6.38. The first-order valence-electron chi connectivity index (χ1n) is 11.1. The highest BCUT2D eigenvalue weighted by Crippen LogP contribution is 2.26. The van der Waals surface area contributed by atoms with Crippen LogP contribution < -0.4 is 0 Å². The summed E-state index contributed by atoms with van der Waals surface area (Å²) in [5, 5.41) is 0. The number of likely N-dealkylation sites (tertiary alicyclic amines) is 2. The number of piperazine rings is 1. The highest BCUT2D eigenvalue weighted by Gasteiger charge is 2.36. The molecule has 0 radical (unpaired) electrons. The van der Waals surface area contributed by atoms with Crippen LogP contribution >= 0.6 is 0 Å². The Balaban J connectivity index is 1.33. The maximum atomic E-state index is 2.79. The summed E-state index contributed by atoms with van der Waals surface area (Å²) in [7, 11) is 0. The highest BCUT2D eigenvalue weighted by molar-refractivity contribution is 4.93. The minimum absolute atomic E-state index is 0.332. The van der Waals surface area contributed by atoms with Gasteiger partial charge >= 0.3 is 0 Å². The van der Waals surface area contributed by atoms with Crippen LogP contribution in [0.25, 0.3) is 0 Å². The first kappa shape index (κ1) is 20.6. The van der Waals surface area contributed by atoms with E-state index in [0.29, 0.717) is 11.0 Å². The van der Waals surface area contributed by atoms with Crippen LogP contribution in [0.15, 0.2) is 0 Å². The van der Waals surface area contributed by atoms with E-state index in [1.165, 1.54) is 78.2 Å². The van der Waals surface area contributed by atoms with Crippen molar-refractivity contribution in [3.8, 4) is 0 Å². The maximum Gasteiger partial charge on any atom is 0.0350 e. The van der Waals surface area contributed by atoms with Crippen molar-refractivity contribution in [2.75, 3.05) is 58.9 Å². The van der Waals surface area contributed by atoms with Crippen molar-refractivity contribution in [2.24, 2.45) is 5.41 Å². The molecule has 3 fully saturated rings. The van der Waals surface area contributed by atoms with Gasteiger partial charge in [0.05, 0.1) is 0 Å². The van der Waals surface area contributed by atoms with E-state index in [1.54, 1.807) is 0 Å². The third-order valence-electron chi connectivity index (χ3n) is 6.91. The van der Waals surface area contributed by atoms with Gasteiger partial charge in [-0.1, -0.05) is 20.8 Å². The van der Waals surface area contributed by atoms with Gasteiger partial charge in [-0.05, 0) is 52.0 Å². The Morgan fingerprint density at radius 3 is 1.73 bits per heavy atom. The number of rotatable bonds is 4. The molecule has 3 aliphatic rings. The fourth-order valence-electron chi connectivity index (χ4n) is 4.82. The summed E-state index contributed by atoms with van der Waals surface area (Å²) in [6, 6.07) is 1.68. The second kappa shape index (κ2) is 8.06. The molecule has 4 heteroatoms. The fourth-order valence-corrected chi connectivity index (χ4v) is 4.82. The number of nitrogens with zero attached hydrogens (tertiary/aromatic N) is 4. The number of piperidine rings is 1.